The van der Waals surface area contributed by atoms with Crippen LogP contribution in [-0.4, -0.2) is 206 Å². The lowest BCUT2D eigenvalue weighted by molar-refractivity contribution is -0.136. The van der Waals surface area contributed by atoms with Gasteiger partial charge in [0.25, 0.3) is 0 Å². The van der Waals surface area contributed by atoms with Crippen molar-refractivity contribution in [2.24, 2.45) is 63.8 Å². The average Bonchev–Trinajstić information content (AvgIpc) is 1.62. The molecule has 14 atom stereocenters. The summed E-state index contributed by atoms with van der Waals surface area (Å²) in [6.45, 7) is 14.5. The average molecular weight is 1710 g/mol. The maximum absolute atomic E-state index is 15.0. The number of rotatable bonds is 61. The third-order valence-electron chi connectivity index (χ3n) is 21.4. The highest BCUT2D eigenvalue weighted by atomic mass is 16.2. The fourth-order valence-electron chi connectivity index (χ4n) is 13.8. The molecule has 0 aliphatic rings. The molecular weight excluding hydrogens is 1560 g/mol. The van der Waals surface area contributed by atoms with Gasteiger partial charge in [0.1, 0.15) is 66.5 Å². The number of nitrogens with one attached hydrogen (secondary N) is 14. The summed E-state index contributed by atoms with van der Waals surface area (Å²) in [5.41, 5.74) is 44.1. The summed E-state index contributed by atoms with van der Waals surface area (Å²) in [6, 6.07) is 10.4. The number of carbonyl (C=O) groups excluding carboxylic acids is 14. The maximum atomic E-state index is 15.0. The number of hydrogen-bond acceptors (Lipinski definition) is 20. The number of nitrogens with two attached hydrogens (primary N) is 7. The van der Waals surface area contributed by atoms with Gasteiger partial charge in [-0.2, -0.15) is 0 Å². The molecular formula is C87H141N21O14. The minimum Gasteiger partial charge on any atom is -0.368 e. The topological polar surface area (TPSA) is 593 Å². The Balaban J connectivity index is 1.54. The van der Waals surface area contributed by atoms with Crippen molar-refractivity contribution in [3.8, 4) is 0 Å². The summed E-state index contributed by atoms with van der Waals surface area (Å²) in [7, 11) is 0. The smallest absolute Gasteiger partial charge is 0.243 e. The third kappa shape index (κ3) is 37.9. The molecule has 4 rings (SSSR count). The fraction of sp³-hybridized carbons (Fsp3) is 0.609. The Morgan fingerprint density at radius 3 is 1.07 bits per heavy atom. The minimum atomic E-state index is -1.38. The van der Waals surface area contributed by atoms with Gasteiger partial charge in [0.15, 0.2) is 0 Å². The zero-order valence-corrected chi connectivity index (χ0v) is 72.7. The van der Waals surface area contributed by atoms with E-state index in [1.165, 1.54) is 0 Å². The molecule has 0 bridgehead atoms. The van der Waals surface area contributed by atoms with Crippen LogP contribution in [0.4, 0.5) is 0 Å². The van der Waals surface area contributed by atoms with E-state index in [1.807, 2.05) is 52.0 Å². The Morgan fingerprint density at radius 1 is 0.336 bits per heavy atom. The number of aromatic nitrogens is 1. The van der Waals surface area contributed by atoms with Crippen molar-refractivity contribution in [3.05, 3.63) is 108 Å². The van der Waals surface area contributed by atoms with Crippen molar-refractivity contribution >= 4 is 93.6 Å². The van der Waals surface area contributed by atoms with Gasteiger partial charge in [-0.1, -0.05) is 154 Å². The lowest BCUT2D eigenvalue weighted by Crippen LogP contribution is -2.61. The van der Waals surface area contributed by atoms with Gasteiger partial charge >= 0.3 is 0 Å². The second kappa shape index (κ2) is 57.0. The normalized spacial score (nSPS) is 14.8. The SMILES string of the molecule is CC[C@H](C)[C@H](NC(=O)CNC(=O)[C@@H](NC(=O)[C@H](CCCCN)NC(=O)[C@H](CCCCN)NC(=O)[C@H](Cc1ccccc1)NC(=O)[C@H](CC(C)C)NC(=O)[C@H](CCCCN)NC(=O)[C@H](Cc1c[nH]c2ccccc12)NC(=O)[C@@H](N)CCCCN)[C@@H](C)CC)C(=O)NCC(=O)N[C@@H](CCCCN)C(=O)N[C@@H](Cc1ccccc1)C(=O)N[C@@H](CC(C)C)C(N)=O. The number of primary amides is 1. The molecule has 678 valence electrons. The van der Waals surface area contributed by atoms with Gasteiger partial charge in [-0.3, -0.25) is 67.1 Å². The number of hydrogen-bond donors (Lipinski definition) is 21. The van der Waals surface area contributed by atoms with Crippen molar-refractivity contribution in [1.82, 2.24) is 74.1 Å². The molecule has 35 nitrogen and oxygen atoms in total. The van der Waals surface area contributed by atoms with Crippen LogP contribution in [0.15, 0.2) is 91.1 Å². The molecule has 0 aliphatic heterocycles. The van der Waals surface area contributed by atoms with Crippen molar-refractivity contribution in [3.63, 3.8) is 0 Å². The van der Waals surface area contributed by atoms with Gasteiger partial charge in [0.05, 0.1) is 19.1 Å². The molecule has 0 aliphatic carbocycles. The molecule has 0 radical (unpaired) electrons. The van der Waals surface area contributed by atoms with Crippen molar-refractivity contribution < 1.29 is 67.1 Å². The minimum absolute atomic E-state index is 0.0109. The van der Waals surface area contributed by atoms with E-state index in [0.29, 0.717) is 107 Å². The van der Waals surface area contributed by atoms with Crippen LogP contribution in [0, 0.1) is 23.7 Å². The van der Waals surface area contributed by atoms with Gasteiger partial charge in [0, 0.05) is 36.4 Å². The van der Waals surface area contributed by atoms with Crippen molar-refractivity contribution in [2.75, 3.05) is 45.8 Å². The van der Waals surface area contributed by atoms with Crippen molar-refractivity contribution in [1.29, 1.82) is 0 Å². The van der Waals surface area contributed by atoms with Crippen LogP contribution in [0.3, 0.4) is 0 Å². The molecule has 0 saturated carbocycles. The molecule has 3 aromatic carbocycles. The van der Waals surface area contributed by atoms with Crippen LogP contribution >= 0.6 is 0 Å². The monoisotopic (exact) mass is 1700 g/mol. The van der Waals surface area contributed by atoms with E-state index in [0.717, 1.165) is 10.9 Å². The number of carbonyl (C=O) groups is 14. The molecule has 0 spiro atoms. The highest BCUT2D eigenvalue weighted by Crippen LogP contribution is 2.22. The lowest BCUT2D eigenvalue weighted by Gasteiger charge is -2.29. The molecule has 1 heterocycles. The summed E-state index contributed by atoms with van der Waals surface area (Å²) in [5.74, 6) is -11.7. The van der Waals surface area contributed by atoms with Crippen LogP contribution in [0.25, 0.3) is 10.9 Å². The summed E-state index contributed by atoms with van der Waals surface area (Å²) < 4.78 is 0. The predicted molar refractivity (Wildman–Crippen MR) is 469 cm³/mol. The molecule has 0 saturated heterocycles. The van der Waals surface area contributed by atoms with Gasteiger partial charge in [0.2, 0.25) is 82.7 Å². The third-order valence-corrected chi connectivity index (χ3v) is 21.4. The Morgan fingerprint density at radius 2 is 0.656 bits per heavy atom. The lowest BCUT2D eigenvalue weighted by atomic mass is 9.97. The first-order valence-corrected chi connectivity index (χ1v) is 43.4. The van der Waals surface area contributed by atoms with Gasteiger partial charge in [-0.05, 0) is 182 Å². The Bertz CT molecular complexity index is 3930. The largest absolute Gasteiger partial charge is 0.368 e. The van der Waals surface area contributed by atoms with Crippen LogP contribution in [0.2, 0.25) is 0 Å². The van der Waals surface area contributed by atoms with E-state index in [4.69, 9.17) is 40.1 Å². The number of H-pyrrole nitrogens is 1. The second-order valence-electron chi connectivity index (χ2n) is 32.5. The summed E-state index contributed by atoms with van der Waals surface area (Å²) in [6.07, 6.45) is 7.75. The standard InChI is InChI=1S/C87H141N21O14/c1-9-55(7)74(86(121)96-51-72(109)98-63(36-20-25-41-89)78(113)105-70(48-58-31-15-12-16-32-58)84(119)102-67(76(94)111)45-53(3)4)107-73(110)52-97-87(122)75(56(8)10-2)108-81(116)66(39-23-28-44-92)99-79(114)64(37-21-26-42-90)100-83(118)69(47-57-29-13-11-14-30-57)106-82(117)68(46-54(5)6)104-80(115)65(38-22-27-43-91)101-85(120)71(103-77(112)61(93)34-19-24-40-88)49-59-50-95-62-35-18-17-33-60(59)62/h11-18,29-33,35,50,53-56,61,63-71,74-75,95H,9-10,19-28,34,36-49,51-52,88-93H2,1-8H3,(H2,94,111)(H,96,121)(H,97,122)(H,98,109)(H,99,114)(H,100,118)(H,101,120)(H,102,119)(H,103,112)(H,104,115)(H,105,113)(H,106,117)(H,107,110)(H,108,116)/t55-,56-,61-,63-,64-,65-,66-,67-,68-,69-,70-,71-,74-,75-/m0/s1. The van der Waals surface area contributed by atoms with Gasteiger partial charge in [-0.15, -0.1) is 0 Å². The van der Waals surface area contributed by atoms with Crippen molar-refractivity contribution in [2.45, 2.75) is 269 Å². The molecule has 35 heteroatoms. The molecule has 122 heavy (non-hydrogen) atoms. The molecule has 28 N–H and O–H groups in total. The zero-order valence-electron chi connectivity index (χ0n) is 72.7. The van der Waals surface area contributed by atoms with Crippen LogP contribution < -0.4 is 109 Å². The summed E-state index contributed by atoms with van der Waals surface area (Å²) in [5, 5.41) is 36.5. The Kier molecular flexibility index (Phi) is 48.5. The van der Waals surface area contributed by atoms with Crippen LogP contribution in [-0.2, 0) is 86.4 Å². The van der Waals surface area contributed by atoms with E-state index < -0.39 is 180 Å². The second-order valence-corrected chi connectivity index (χ2v) is 32.5. The quantitative estimate of drug-likeness (QED) is 0.0266. The highest BCUT2D eigenvalue weighted by molar-refractivity contribution is 6.00. The predicted octanol–water partition coefficient (Wildman–Crippen LogP) is 0.403. The van der Waals surface area contributed by atoms with Gasteiger partial charge in [-0.25, -0.2) is 0 Å². The number of aromatic amines is 1. The Hall–Kier alpha value is -10.5. The van der Waals surface area contributed by atoms with Crippen LogP contribution in [0.5, 0.6) is 0 Å². The molecule has 0 unspecified atom stereocenters. The van der Waals surface area contributed by atoms with E-state index >= 15 is 4.79 Å². The summed E-state index contributed by atoms with van der Waals surface area (Å²) >= 11 is 0. The molecule has 14 amide bonds. The Labute approximate surface area is 718 Å². The van der Waals surface area contributed by atoms with E-state index in [2.05, 4.69) is 74.1 Å². The molecule has 1 aromatic heterocycles. The number of benzene rings is 3. The first kappa shape index (κ1) is 104. The van der Waals surface area contributed by atoms with Gasteiger partial charge < -0.3 is 114 Å². The summed E-state index contributed by atoms with van der Waals surface area (Å²) in [4.78, 5) is 202. The zero-order chi connectivity index (χ0) is 90.2. The first-order chi connectivity index (χ1) is 58.3. The fourth-order valence-corrected chi connectivity index (χ4v) is 13.8. The first-order valence-electron chi connectivity index (χ1n) is 43.4. The highest BCUT2D eigenvalue weighted by Gasteiger charge is 2.38. The molecule has 0 fully saturated rings. The van der Waals surface area contributed by atoms with E-state index in [1.54, 1.807) is 94.6 Å². The number of unbranched alkanes of at least 4 members (excludes halogenated alkanes) is 5. The van der Waals surface area contributed by atoms with E-state index in [9.17, 15) is 62.3 Å². The number of amides is 14. The number of para-hydroxylation sites is 1. The maximum Gasteiger partial charge on any atom is 0.243 e. The van der Waals surface area contributed by atoms with E-state index in [-0.39, 0.29) is 95.8 Å². The number of fused-ring (bicyclic) bond motifs is 1. The molecule has 4 aromatic rings. The van der Waals surface area contributed by atoms with Crippen LogP contribution in [0.1, 0.15) is 194 Å².